The molecule has 2 rings (SSSR count). The first-order chi connectivity index (χ1) is 9.47. The second-order valence-electron chi connectivity index (χ2n) is 4.13. The van der Waals surface area contributed by atoms with Gasteiger partial charge in [0, 0.05) is 10.9 Å². The van der Waals surface area contributed by atoms with Crippen molar-refractivity contribution < 1.29 is 18.7 Å². The fourth-order valence-corrected chi connectivity index (χ4v) is 2.38. The van der Waals surface area contributed by atoms with Crippen LogP contribution in [0.1, 0.15) is 24.9 Å². The average molecular weight is 293 g/mol. The SMILES string of the molecule is Cc1ccc(C(=O)COc2ccc(C(N)=O)c(F)c2)s1. The molecule has 0 bridgehead atoms. The van der Waals surface area contributed by atoms with E-state index in [4.69, 9.17) is 10.5 Å². The van der Waals surface area contributed by atoms with Crippen LogP contribution in [0.25, 0.3) is 0 Å². The van der Waals surface area contributed by atoms with Gasteiger partial charge in [-0.2, -0.15) is 0 Å². The molecule has 6 heteroatoms. The van der Waals surface area contributed by atoms with Crippen LogP contribution in [0.3, 0.4) is 0 Å². The van der Waals surface area contributed by atoms with Gasteiger partial charge in [0.25, 0.3) is 5.91 Å². The summed E-state index contributed by atoms with van der Waals surface area (Å²) in [6.07, 6.45) is 0. The summed E-state index contributed by atoms with van der Waals surface area (Å²) in [7, 11) is 0. The molecular formula is C14H12FNO3S. The highest BCUT2D eigenvalue weighted by atomic mass is 32.1. The molecule has 0 saturated carbocycles. The number of amides is 1. The number of primary amides is 1. The Balaban J connectivity index is 2.02. The van der Waals surface area contributed by atoms with Gasteiger partial charge < -0.3 is 10.5 Å². The molecule has 0 aliphatic rings. The second-order valence-corrected chi connectivity index (χ2v) is 5.42. The predicted octanol–water partition coefficient (Wildman–Crippen LogP) is 2.56. The number of carbonyl (C=O) groups excluding carboxylic acids is 2. The van der Waals surface area contributed by atoms with Crippen molar-refractivity contribution in [3.05, 3.63) is 51.5 Å². The highest BCUT2D eigenvalue weighted by Crippen LogP contribution is 2.18. The average Bonchev–Trinajstić information content (AvgIpc) is 2.82. The molecule has 1 aromatic carbocycles. The van der Waals surface area contributed by atoms with E-state index in [1.54, 1.807) is 6.07 Å². The Morgan fingerprint density at radius 3 is 2.60 bits per heavy atom. The van der Waals surface area contributed by atoms with Gasteiger partial charge in [-0.25, -0.2) is 4.39 Å². The summed E-state index contributed by atoms with van der Waals surface area (Å²) in [6.45, 7) is 1.72. The molecule has 20 heavy (non-hydrogen) atoms. The number of nitrogens with two attached hydrogens (primary N) is 1. The lowest BCUT2D eigenvalue weighted by Crippen LogP contribution is -2.14. The molecular weight excluding hydrogens is 281 g/mol. The summed E-state index contributed by atoms with van der Waals surface area (Å²) in [6, 6.07) is 7.23. The van der Waals surface area contributed by atoms with E-state index in [9.17, 15) is 14.0 Å². The third-order valence-electron chi connectivity index (χ3n) is 2.59. The van der Waals surface area contributed by atoms with Gasteiger partial charge in [0.15, 0.2) is 6.61 Å². The number of hydrogen-bond donors (Lipinski definition) is 1. The van der Waals surface area contributed by atoms with E-state index in [-0.39, 0.29) is 23.7 Å². The largest absolute Gasteiger partial charge is 0.485 e. The van der Waals surface area contributed by atoms with Crippen molar-refractivity contribution in [2.75, 3.05) is 6.61 Å². The zero-order valence-electron chi connectivity index (χ0n) is 10.7. The van der Waals surface area contributed by atoms with Crippen molar-refractivity contribution in [3.63, 3.8) is 0 Å². The fraction of sp³-hybridized carbons (Fsp3) is 0.143. The van der Waals surface area contributed by atoms with Gasteiger partial charge in [0.2, 0.25) is 5.78 Å². The first-order valence-corrected chi connectivity index (χ1v) is 6.61. The molecule has 0 spiro atoms. The van der Waals surface area contributed by atoms with Crippen LogP contribution in [0.4, 0.5) is 4.39 Å². The highest BCUT2D eigenvalue weighted by molar-refractivity contribution is 7.14. The van der Waals surface area contributed by atoms with Crippen LogP contribution >= 0.6 is 11.3 Å². The van der Waals surface area contributed by atoms with E-state index < -0.39 is 11.7 Å². The molecule has 0 aliphatic heterocycles. The smallest absolute Gasteiger partial charge is 0.251 e. The van der Waals surface area contributed by atoms with Crippen molar-refractivity contribution in [1.29, 1.82) is 0 Å². The fourth-order valence-electron chi connectivity index (χ4n) is 1.59. The molecule has 2 N–H and O–H groups in total. The molecule has 0 fully saturated rings. The molecule has 2 aromatic rings. The van der Waals surface area contributed by atoms with Gasteiger partial charge in [-0.05, 0) is 31.2 Å². The molecule has 4 nitrogen and oxygen atoms in total. The summed E-state index contributed by atoms with van der Waals surface area (Å²) in [5.41, 5.74) is 4.78. The Labute approximate surface area is 119 Å². The monoisotopic (exact) mass is 293 g/mol. The van der Waals surface area contributed by atoms with Crippen LogP contribution in [-0.2, 0) is 0 Å². The molecule has 0 unspecified atom stereocenters. The van der Waals surface area contributed by atoms with E-state index >= 15 is 0 Å². The zero-order valence-corrected chi connectivity index (χ0v) is 11.5. The van der Waals surface area contributed by atoms with Crippen LogP contribution in [-0.4, -0.2) is 18.3 Å². The highest BCUT2D eigenvalue weighted by Gasteiger charge is 2.12. The van der Waals surface area contributed by atoms with Crippen LogP contribution in [0.15, 0.2) is 30.3 Å². The molecule has 1 aromatic heterocycles. The quantitative estimate of drug-likeness (QED) is 0.861. The van der Waals surface area contributed by atoms with Crippen molar-refractivity contribution in [1.82, 2.24) is 0 Å². The van der Waals surface area contributed by atoms with Gasteiger partial charge in [-0.3, -0.25) is 9.59 Å². The Bertz CT molecular complexity index is 666. The minimum absolute atomic E-state index is 0.175. The van der Waals surface area contributed by atoms with E-state index in [0.717, 1.165) is 10.9 Å². The van der Waals surface area contributed by atoms with Gasteiger partial charge in [0.1, 0.15) is 11.6 Å². The van der Waals surface area contributed by atoms with Crippen molar-refractivity contribution in [2.24, 2.45) is 5.73 Å². The summed E-state index contributed by atoms with van der Waals surface area (Å²) in [5, 5.41) is 0. The van der Waals surface area contributed by atoms with Gasteiger partial charge in [-0.1, -0.05) is 0 Å². The topological polar surface area (TPSA) is 69.4 Å². The number of hydrogen-bond acceptors (Lipinski definition) is 4. The molecule has 1 amide bonds. The molecule has 0 radical (unpaired) electrons. The lowest BCUT2D eigenvalue weighted by molar-refractivity contribution is 0.0923. The number of thiophene rings is 1. The minimum atomic E-state index is -0.848. The van der Waals surface area contributed by atoms with Crippen molar-refractivity contribution >= 4 is 23.0 Å². The van der Waals surface area contributed by atoms with Gasteiger partial charge in [-0.15, -0.1) is 11.3 Å². The van der Waals surface area contributed by atoms with Crippen LogP contribution in [0.5, 0.6) is 5.75 Å². The van der Waals surface area contributed by atoms with Gasteiger partial charge in [0.05, 0.1) is 10.4 Å². The molecule has 1 heterocycles. The van der Waals surface area contributed by atoms with E-state index in [0.29, 0.717) is 4.88 Å². The number of aryl methyl sites for hydroxylation is 1. The molecule has 0 aliphatic carbocycles. The van der Waals surface area contributed by atoms with Crippen molar-refractivity contribution in [2.45, 2.75) is 6.92 Å². The standard InChI is InChI=1S/C14H12FNO3S/c1-8-2-5-13(20-8)12(17)7-19-9-3-4-10(14(16)18)11(15)6-9/h2-6H,7H2,1H3,(H2,16,18). The van der Waals surface area contributed by atoms with Crippen molar-refractivity contribution in [3.8, 4) is 5.75 Å². The predicted molar refractivity (Wildman–Crippen MR) is 73.8 cm³/mol. The summed E-state index contributed by atoms with van der Waals surface area (Å²) >= 11 is 1.38. The number of benzene rings is 1. The minimum Gasteiger partial charge on any atom is -0.485 e. The lowest BCUT2D eigenvalue weighted by atomic mass is 10.2. The maximum atomic E-state index is 13.5. The number of ether oxygens (including phenoxy) is 1. The lowest BCUT2D eigenvalue weighted by Gasteiger charge is -2.06. The van der Waals surface area contributed by atoms with E-state index in [1.165, 1.54) is 23.5 Å². The molecule has 0 atom stereocenters. The number of halogens is 1. The number of ketones is 1. The normalized spacial score (nSPS) is 10.3. The van der Waals surface area contributed by atoms with Crippen LogP contribution < -0.4 is 10.5 Å². The van der Waals surface area contributed by atoms with E-state index in [2.05, 4.69) is 0 Å². The first-order valence-electron chi connectivity index (χ1n) is 5.79. The Kier molecular flexibility index (Phi) is 4.14. The summed E-state index contributed by atoms with van der Waals surface area (Å²) in [5.74, 6) is -1.62. The number of carbonyl (C=O) groups is 2. The summed E-state index contributed by atoms with van der Waals surface area (Å²) in [4.78, 5) is 24.3. The third-order valence-corrected chi connectivity index (χ3v) is 3.63. The maximum Gasteiger partial charge on any atom is 0.251 e. The maximum absolute atomic E-state index is 13.5. The second kappa shape index (κ2) is 5.83. The van der Waals surface area contributed by atoms with Crippen LogP contribution in [0, 0.1) is 12.7 Å². The third kappa shape index (κ3) is 3.21. The number of Topliss-reactive ketones (excluding diaryl/α,β-unsaturated/α-hetero) is 1. The van der Waals surface area contributed by atoms with Gasteiger partial charge >= 0.3 is 0 Å². The van der Waals surface area contributed by atoms with E-state index in [1.807, 2.05) is 13.0 Å². The Hall–Kier alpha value is -2.21. The molecule has 0 saturated heterocycles. The molecule has 104 valence electrons. The Morgan fingerprint density at radius 2 is 2.05 bits per heavy atom. The summed E-state index contributed by atoms with van der Waals surface area (Å²) < 4.78 is 18.7. The Morgan fingerprint density at radius 1 is 1.30 bits per heavy atom. The number of rotatable bonds is 5. The van der Waals surface area contributed by atoms with Crippen LogP contribution in [0.2, 0.25) is 0 Å². The zero-order chi connectivity index (χ0) is 14.7. The first kappa shape index (κ1) is 14.2.